The van der Waals surface area contributed by atoms with Gasteiger partial charge in [-0.05, 0) is 76.2 Å². The van der Waals surface area contributed by atoms with Crippen LogP contribution in [0.4, 0.5) is 5.82 Å². The highest BCUT2D eigenvalue weighted by Gasteiger charge is 2.37. The number of pyridine rings is 1. The van der Waals surface area contributed by atoms with Crippen LogP contribution in [0.1, 0.15) is 63.9 Å². The van der Waals surface area contributed by atoms with E-state index in [1.54, 1.807) is 19.0 Å². The summed E-state index contributed by atoms with van der Waals surface area (Å²) in [7, 11) is 3.53. The molecule has 1 aromatic heterocycles. The Morgan fingerprint density at radius 3 is 2.47 bits per heavy atom. The minimum atomic E-state index is -0.0542. The zero-order chi connectivity index (χ0) is 25.8. The first kappa shape index (κ1) is 25.9. The van der Waals surface area contributed by atoms with E-state index in [1.807, 2.05) is 18.3 Å². The van der Waals surface area contributed by atoms with Gasteiger partial charge in [0.15, 0.2) is 0 Å². The monoisotopic (exact) mass is 491 g/mol. The van der Waals surface area contributed by atoms with Crippen molar-refractivity contribution in [2.45, 2.75) is 70.4 Å². The van der Waals surface area contributed by atoms with Gasteiger partial charge in [0.1, 0.15) is 23.2 Å². The molecular formula is C28H41N7O. The van der Waals surface area contributed by atoms with E-state index in [2.05, 4.69) is 46.6 Å². The normalized spacial score (nSPS) is 22.0. The lowest BCUT2D eigenvalue weighted by Crippen LogP contribution is -2.40. The number of nitrogens with one attached hydrogen (secondary N) is 1. The molecule has 1 aliphatic carbocycles. The molecule has 3 aliphatic rings. The summed E-state index contributed by atoms with van der Waals surface area (Å²) >= 11 is 0. The van der Waals surface area contributed by atoms with Crippen LogP contribution in [0.25, 0.3) is 0 Å². The fraction of sp³-hybridized carbons (Fsp3) is 0.536. The predicted molar refractivity (Wildman–Crippen MR) is 146 cm³/mol. The number of nitrogens with zero attached hydrogens (tertiary/aromatic N) is 5. The number of likely N-dealkylation sites (tertiary alicyclic amines) is 1. The Labute approximate surface area is 215 Å². The Morgan fingerprint density at radius 1 is 1.22 bits per heavy atom. The van der Waals surface area contributed by atoms with Crippen molar-refractivity contribution in [2.75, 3.05) is 32.5 Å². The van der Waals surface area contributed by atoms with Gasteiger partial charge in [-0.2, -0.15) is 0 Å². The lowest BCUT2D eigenvalue weighted by molar-refractivity contribution is -0.126. The number of amidine groups is 1. The van der Waals surface area contributed by atoms with Crippen molar-refractivity contribution in [3.05, 3.63) is 59.8 Å². The van der Waals surface area contributed by atoms with Crippen molar-refractivity contribution in [1.82, 2.24) is 19.7 Å². The van der Waals surface area contributed by atoms with Crippen molar-refractivity contribution >= 4 is 17.6 Å². The number of nitrogens with two attached hydrogens (primary N) is 1. The smallest absolute Gasteiger partial charge is 0.270 e. The number of amides is 1. The van der Waals surface area contributed by atoms with Gasteiger partial charge in [0, 0.05) is 44.1 Å². The molecule has 8 nitrogen and oxygen atoms in total. The number of carbonyl (C=O) groups is 1. The Hall–Kier alpha value is -3.13. The van der Waals surface area contributed by atoms with Crippen LogP contribution in [0.5, 0.6) is 0 Å². The van der Waals surface area contributed by atoms with Crippen molar-refractivity contribution < 1.29 is 4.79 Å². The third kappa shape index (κ3) is 5.64. The van der Waals surface area contributed by atoms with Crippen LogP contribution in [0.2, 0.25) is 0 Å². The molecule has 36 heavy (non-hydrogen) atoms. The number of likely N-dealkylation sites (N-methyl/N-ethyl adjacent to an activating group) is 1. The lowest BCUT2D eigenvalue weighted by Gasteiger charge is -2.34. The van der Waals surface area contributed by atoms with E-state index in [9.17, 15) is 4.79 Å². The molecule has 0 aromatic carbocycles. The number of hydrogen-bond donors (Lipinski definition) is 2. The van der Waals surface area contributed by atoms with Crippen molar-refractivity contribution in [3.63, 3.8) is 0 Å². The standard InChI is InChI=1S/C28H41N7O/c1-19(2)34-14-12-21(13-15-34)22-10-11-26(30-18-22)31-20(3)32-27-23(17-29)16-25(28(36)33(4)5)35(27)24-8-6-7-9-24/h10-11,16-19,21,24H,3,6-9,12-15,29H2,1-2,4-5H3,(H,30,31)/b23-17-,32-27+. The first-order valence-corrected chi connectivity index (χ1v) is 13.2. The number of hydrogen-bond acceptors (Lipinski definition) is 6. The molecule has 0 atom stereocenters. The van der Waals surface area contributed by atoms with E-state index in [1.165, 1.54) is 24.6 Å². The molecule has 0 radical (unpaired) electrons. The number of aliphatic imine (C=N–C) groups is 1. The van der Waals surface area contributed by atoms with E-state index in [4.69, 9.17) is 10.7 Å². The van der Waals surface area contributed by atoms with Crippen LogP contribution >= 0.6 is 0 Å². The zero-order valence-electron chi connectivity index (χ0n) is 22.2. The fourth-order valence-corrected chi connectivity index (χ4v) is 5.48. The summed E-state index contributed by atoms with van der Waals surface area (Å²) in [5.74, 6) is 2.33. The first-order chi connectivity index (χ1) is 17.3. The van der Waals surface area contributed by atoms with E-state index in [0.717, 1.165) is 44.3 Å². The van der Waals surface area contributed by atoms with Gasteiger partial charge in [-0.3, -0.25) is 4.79 Å². The second-order valence-corrected chi connectivity index (χ2v) is 10.5. The maximum absolute atomic E-state index is 13.0. The maximum Gasteiger partial charge on any atom is 0.270 e. The minimum Gasteiger partial charge on any atom is -0.404 e. The molecule has 1 saturated carbocycles. The van der Waals surface area contributed by atoms with Gasteiger partial charge in [-0.15, -0.1) is 0 Å². The highest BCUT2D eigenvalue weighted by Crippen LogP contribution is 2.34. The summed E-state index contributed by atoms with van der Waals surface area (Å²) in [6.07, 6.45) is 12.0. The quantitative estimate of drug-likeness (QED) is 0.599. The van der Waals surface area contributed by atoms with Crippen molar-refractivity contribution in [3.8, 4) is 0 Å². The molecule has 2 aliphatic heterocycles. The van der Waals surface area contributed by atoms with Gasteiger partial charge in [-0.25, -0.2) is 9.98 Å². The summed E-state index contributed by atoms with van der Waals surface area (Å²) in [4.78, 5) is 28.6. The van der Waals surface area contributed by atoms with Gasteiger partial charge in [-0.1, -0.05) is 25.5 Å². The third-order valence-corrected chi connectivity index (χ3v) is 7.56. The molecule has 194 valence electrons. The van der Waals surface area contributed by atoms with Crippen molar-refractivity contribution in [2.24, 2.45) is 10.7 Å². The topological polar surface area (TPSA) is 90.1 Å². The Bertz CT molecular complexity index is 1040. The van der Waals surface area contributed by atoms with Gasteiger partial charge in [0.25, 0.3) is 5.91 Å². The second kappa shape index (κ2) is 11.3. The largest absolute Gasteiger partial charge is 0.404 e. The maximum atomic E-state index is 13.0. The second-order valence-electron chi connectivity index (χ2n) is 10.5. The zero-order valence-corrected chi connectivity index (χ0v) is 22.2. The summed E-state index contributed by atoms with van der Waals surface area (Å²) in [6.45, 7) is 10.9. The van der Waals surface area contributed by atoms with Crippen LogP contribution in [0.15, 0.2) is 59.3 Å². The molecule has 1 amide bonds. The average molecular weight is 492 g/mol. The molecule has 1 saturated heterocycles. The van der Waals surface area contributed by atoms with E-state index in [-0.39, 0.29) is 11.9 Å². The first-order valence-electron chi connectivity index (χ1n) is 13.2. The lowest BCUT2D eigenvalue weighted by atomic mass is 9.90. The van der Waals surface area contributed by atoms with E-state index in [0.29, 0.717) is 35.1 Å². The SMILES string of the molecule is C=C(/N=C1\C(=C/N)C=C(C(=O)N(C)C)N1C1CCCC1)Nc1ccc(C2CCN(C(C)C)CC2)cn1. The minimum absolute atomic E-state index is 0.0542. The number of anilines is 1. The molecule has 0 bridgehead atoms. The van der Waals surface area contributed by atoms with Crippen LogP contribution in [0.3, 0.4) is 0 Å². The fourth-order valence-electron chi connectivity index (χ4n) is 5.48. The number of aromatic nitrogens is 1. The number of rotatable bonds is 7. The molecular weight excluding hydrogens is 450 g/mol. The molecule has 4 rings (SSSR count). The molecule has 1 aromatic rings. The molecule has 2 fully saturated rings. The molecule has 3 N–H and O–H groups in total. The molecule has 3 heterocycles. The van der Waals surface area contributed by atoms with Crippen LogP contribution in [-0.2, 0) is 4.79 Å². The number of piperidine rings is 1. The van der Waals surface area contributed by atoms with Gasteiger partial charge >= 0.3 is 0 Å². The van der Waals surface area contributed by atoms with Crippen molar-refractivity contribution in [1.29, 1.82) is 0 Å². The Balaban J connectivity index is 1.47. The Kier molecular flexibility index (Phi) is 8.14. The summed E-state index contributed by atoms with van der Waals surface area (Å²) < 4.78 is 0. The predicted octanol–water partition coefficient (Wildman–Crippen LogP) is 4.02. The third-order valence-electron chi connectivity index (χ3n) is 7.56. The summed E-state index contributed by atoms with van der Waals surface area (Å²) in [5, 5.41) is 3.23. The van der Waals surface area contributed by atoms with Gasteiger partial charge < -0.3 is 25.8 Å². The van der Waals surface area contributed by atoms with Gasteiger partial charge in [0.05, 0.1) is 0 Å². The average Bonchev–Trinajstić information content (AvgIpc) is 3.52. The molecule has 0 spiro atoms. The van der Waals surface area contributed by atoms with E-state index < -0.39 is 0 Å². The Morgan fingerprint density at radius 2 is 1.92 bits per heavy atom. The number of carbonyl (C=O) groups excluding carboxylic acids is 1. The summed E-state index contributed by atoms with van der Waals surface area (Å²) in [6, 6.07) is 4.99. The van der Waals surface area contributed by atoms with Crippen LogP contribution in [-0.4, -0.2) is 70.7 Å². The molecule has 8 heteroatoms. The van der Waals surface area contributed by atoms with Crippen LogP contribution < -0.4 is 11.1 Å². The summed E-state index contributed by atoms with van der Waals surface area (Å²) in [5.41, 5.74) is 8.59. The van der Waals surface area contributed by atoms with Gasteiger partial charge in [0.2, 0.25) is 0 Å². The highest BCUT2D eigenvalue weighted by molar-refractivity contribution is 6.12. The highest BCUT2D eigenvalue weighted by atomic mass is 16.2. The van der Waals surface area contributed by atoms with E-state index >= 15 is 0 Å². The molecule has 0 unspecified atom stereocenters. The van der Waals surface area contributed by atoms with Crippen LogP contribution in [0, 0.1) is 0 Å².